The monoisotopic (exact) mass is 697 g/mol. The van der Waals surface area contributed by atoms with E-state index in [2.05, 4.69) is 10.3 Å². The van der Waals surface area contributed by atoms with E-state index in [9.17, 15) is 14.4 Å². The maximum atomic E-state index is 14.6. The second-order valence-electron chi connectivity index (χ2n) is 12.1. The summed E-state index contributed by atoms with van der Waals surface area (Å²) in [6.07, 6.45) is 1.01. The third kappa shape index (κ3) is 7.67. The number of aromatic nitrogens is 2. The van der Waals surface area contributed by atoms with Crippen LogP contribution in [0.4, 0.5) is 10.5 Å². The number of fused-ring (bicyclic) bond motifs is 1. The fourth-order valence-electron chi connectivity index (χ4n) is 5.48. The highest BCUT2D eigenvalue weighted by atomic mass is 16.6. The number of carbonyl (C=O) groups excluding carboxylic acids is 2. The fourth-order valence-corrected chi connectivity index (χ4v) is 5.48. The van der Waals surface area contributed by atoms with Crippen molar-refractivity contribution < 1.29 is 42.7 Å². The molecule has 13 nitrogen and oxygen atoms in total. The number of hydrogen-bond acceptors (Lipinski definition) is 11. The maximum Gasteiger partial charge on any atom is 0.412 e. The Kier molecular flexibility index (Phi) is 10.7. The highest BCUT2D eigenvalue weighted by Gasteiger charge is 2.28. The molecule has 266 valence electrons. The van der Waals surface area contributed by atoms with Crippen molar-refractivity contribution in [1.82, 2.24) is 9.55 Å². The number of hydrogen-bond donors (Lipinski definition) is 1. The number of carbonyl (C=O) groups is 2. The zero-order chi connectivity index (χ0) is 36.9. The standard InChI is InChI=1S/C38H39N3O10/c1-38(2,3)51-37(44)40-23-12-14-25(15-13-23)41-33(36(43)49-8)32(22-17-30(46-5)34(48-7)31(18-22)47-6)26-19-28(45-4)29(20-27(26)35(41)42)50-21-24-11-9-10-16-39-24/h9-20H,21H2,1-8H3,(H,40,44). The molecule has 0 aliphatic carbocycles. The highest BCUT2D eigenvalue weighted by molar-refractivity contribution is 6.08. The molecule has 0 fully saturated rings. The van der Waals surface area contributed by atoms with Crippen LogP contribution < -0.4 is 34.6 Å². The fraction of sp³-hybridized carbons (Fsp3) is 0.263. The number of nitrogens with zero attached hydrogens (tertiary/aromatic N) is 2. The largest absolute Gasteiger partial charge is 0.493 e. The smallest absolute Gasteiger partial charge is 0.412 e. The van der Waals surface area contributed by atoms with Crippen LogP contribution in [0.1, 0.15) is 37.0 Å². The molecule has 1 amide bonds. The second kappa shape index (κ2) is 15.1. The number of ether oxygens (including phenoxy) is 7. The van der Waals surface area contributed by atoms with Gasteiger partial charge >= 0.3 is 12.1 Å². The molecule has 51 heavy (non-hydrogen) atoms. The summed E-state index contributed by atoms with van der Waals surface area (Å²) in [5, 5.41) is 3.23. The molecule has 3 aromatic carbocycles. The summed E-state index contributed by atoms with van der Waals surface area (Å²) in [7, 11) is 7.13. The first-order chi connectivity index (χ1) is 24.4. The third-order valence-corrected chi connectivity index (χ3v) is 7.67. The first-order valence-electron chi connectivity index (χ1n) is 15.8. The molecule has 0 spiro atoms. The van der Waals surface area contributed by atoms with E-state index in [1.54, 1.807) is 81.6 Å². The van der Waals surface area contributed by atoms with Gasteiger partial charge in [-0.15, -0.1) is 0 Å². The summed E-state index contributed by atoms with van der Waals surface area (Å²) >= 11 is 0. The van der Waals surface area contributed by atoms with E-state index in [1.165, 1.54) is 40.1 Å². The number of nitrogens with one attached hydrogen (secondary N) is 1. The van der Waals surface area contributed by atoms with Crippen LogP contribution >= 0.6 is 0 Å². The molecule has 0 saturated heterocycles. The van der Waals surface area contributed by atoms with Gasteiger partial charge in [0.15, 0.2) is 23.0 Å². The summed E-state index contributed by atoms with van der Waals surface area (Å²) < 4.78 is 40.6. The number of esters is 1. The van der Waals surface area contributed by atoms with Gasteiger partial charge < -0.3 is 33.2 Å². The molecule has 13 heteroatoms. The van der Waals surface area contributed by atoms with E-state index in [0.29, 0.717) is 56.6 Å². The molecule has 0 aliphatic rings. The average molecular weight is 698 g/mol. The Morgan fingerprint density at radius 3 is 1.98 bits per heavy atom. The normalized spacial score (nSPS) is 11.1. The molecule has 1 N–H and O–H groups in total. The van der Waals surface area contributed by atoms with Gasteiger partial charge in [0.25, 0.3) is 5.56 Å². The van der Waals surface area contributed by atoms with Crippen molar-refractivity contribution in [2.75, 3.05) is 40.9 Å². The van der Waals surface area contributed by atoms with E-state index >= 15 is 0 Å². The third-order valence-electron chi connectivity index (χ3n) is 7.67. The maximum absolute atomic E-state index is 14.6. The molecule has 0 saturated carbocycles. The van der Waals surface area contributed by atoms with Crippen LogP contribution in [0.15, 0.2) is 77.7 Å². The SMILES string of the molecule is COC(=O)c1c(-c2cc(OC)c(OC)c(OC)c2)c2cc(OC)c(OCc3ccccn3)cc2c(=O)n1-c1ccc(NC(=O)OC(C)(C)C)cc1. The average Bonchev–Trinajstić information content (AvgIpc) is 3.12. The molecule has 0 atom stereocenters. The Morgan fingerprint density at radius 1 is 0.784 bits per heavy atom. The number of rotatable bonds is 11. The number of amides is 1. The van der Waals surface area contributed by atoms with Gasteiger partial charge in [0.2, 0.25) is 5.75 Å². The van der Waals surface area contributed by atoms with Gasteiger partial charge in [-0.1, -0.05) is 6.07 Å². The van der Waals surface area contributed by atoms with E-state index in [-0.39, 0.29) is 23.4 Å². The first-order valence-corrected chi connectivity index (χ1v) is 15.8. The molecular weight excluding hydrogens is 658 g/mol. The van der Waals surface area contributed by atoms with Crippen LogP contribution in [0.3, 0.4) is 0 Å². The predicted octanol–water partition coefficient (Wildman–Crippen LogP) is 6.80. The summed E-state index contributed by atoms with van der Waals surface area (Å²) in [4.78, 5) is 45.2. The van der Waals surface area contributed by atoms with Crippen LogP contribution in [0.2, 0.25) is 0 Å². The minimum atomic E-state index is -0.803. The topological polar surface area (TPSA) is 146 Å². The van der Waals surface area contributed by atoms with E-state index in [4.69, 9.17) is 33.2 Å². The van der Waals surface area contributed by atoms with Crippen molar-refractivity contribution in [2.45, 2.75) is 33.0 Å². The molecule has 0 unspecified atom stereocenters. The van der Waals surface area contributed by atoms with Crippen molar-refractivity contribution in [3.05, 3.63) is 94.7 Å². The van der Waals surface area contributed by atoms with Crippen LogP contribution in [0.25, 0.3) is 27.6 Å². The second-order valence-corrected chi connectivity index (χ2v) is 12.1. The lowest BCUT2D eigenvalue weighted by molar-refractivity contribution is 0.0589. The van der Waals surface area contributed by atoms with Gasteiger partial charge in [-0.2, -0.15) is 0 Å². The molecular formula is C38H39N3O10. The van der Waals surface area contributed by atoms with Crippen LogP contribution in [0.5, 0.6) is 28.7 Å². The van der Waals surface area contributed by atoms with Gasteiger partial charge in [-0.25, -0.2) is 9.59 Å². The van der Waals surface area contributed by atoms with Gasteiger partial charge in [0.1, 0.15) is 17.9 Å². The Balaban J connectivity index is 1.82. The lowest BCUT2D eigenvalue weighted by Gasteiger charge is -2.22. The first kappa shape index (κ1) is 36.1. The van der Waals surface area contributed by atoms with Crippen molar-refractivity contribution in [1.29, 1.82) is 0 Å². The van der Waals surface area contributed by atoms with E-state index in [0.717, 1.165) is 0 Å². The Hall–Kier alpha value is -6.24. The quantitative estimate of drug-likeness (QED) is 0.145. The minimum absolute atomic E-state index is 0.0960. The van der Waals surface area contributed by atoms with Crippen LogP contribution in [0, 0.1) is 0 Å². The molecule has 2 aromatic heterocycles. The van der Waals surface area contributed by atoms with Crippen molar-refractivity contribution >= 4 is 28.5 Å². The molecule has 5 aromatic rings. The Labute approximate surface area is 294 Å². The summed E-state index contributed by atoms with van der Waals surface area (Å²) in [5.74, 6) is 0.734. The summed E-state index contributed by atoms with van der Waals surface area (Å²) in [6.45, 7) is 5.37. The van der Waals surface area contributed by atoms with Crippen molar-refractivity contribution in [2.24, 2.45) is 0 Å². The number of benzene rings is 3. The molecule has 2 heterocycles. The predicted molar refractivity (Wildman–Crippen MR) is 191 cm³/mol. The minimum Gasteiger partial charge on any atom is -0.493 e. The van der Waals surface area contributed by atoms with Crippen LogP contribution in [-0.4, -0.2) is 62.8 Å². The molecule has 5 rings (SSSR count). The number of pyridine rings is 2. The van der Waals surface area contributed by atoms with Crippen molar-refractivity contribution in [3.8, 4) is 45.6 Å². The molecule has 0 bridgehead atoms. The van der Waals surface area contributed by atoms with Crippen LogP contribution in [-0.2, 0) is 16.1 Å². The zero-order valence-corrected chi connectivity index (χ0v) is 29.6. The van der Waals surface area contributed by atoms with Gasteiger partial charge in [0.05, 0.1) is 46.6 Å². The summed E-state index contributed by atoms with van der Waals surface area (Å²) in [5.41, 5.74) is 0.762. The van der Waals surface area contributed by atoms with E-state index in [1.807, 2.05) is 12.1 Å². The Morgan fingerprint density at radius 2 is 1.43 bits per heavy atom. The van der Waals surface area contributed by atoms with Gasteiger partial charge in [-0.05, 0) is 87.0 Å². The highest BCUT2D eigenvalue weighted by Crippen LogP contribution is 2.45. The number of anilines is 1. The van der Waals surface area contributed by atoms with Gasteiger partial charge in [-0.3, -0.25) is 19.7 Å². The Bertz CT molecular complexity index is 2100. The van der Waals surface area contributed by atoms with E-state index < -0.39 is 23.2 Å². The molecule has 0 aliphatic heterocycles. The lowest BCUT2D eigenvalue weighted by Crippen LogP contribution is -2.27. The number of methoxy groups -OCH3 is 5. The molecule has 0 radical (unpaired) electrons. The summed E-state index contributed by atoms with van der Waals surface area (Å²) in [6, 6.07) is 18.3. The van der Waals surface area contributed by atoms with Crippen molar-refractivity contribution in [3.63, 3.8) is 0 Å². The zero-order valence-electron chi connectivity index (χ0n) is 29.6. The van der Waals surface area contributed by atoms with Gasteiger partial charge in [0, 0.05) is 28.5 Å². The lowest BCUT2D eigenvalue weighted by atomic mass is 9.95.